The molecule has 0 aliphatic carbocycles. The van der Waals surface area contributed by atoms with E-state index in [9.17, 15) is 18.3 Å². The monoisotopic (exact) mass is 402 g/mol. The van der Waals surface area contributed by atoms with Crippen molar-refractivity contribution in [1.29, 1.82) is 0 Å². The topological polar surface area (TPSA) is 62.1 Å². The van der Waals surface area contributed by atoms with E-state index in [0.717, 1.165) is 49.5 Å². The van der Waals surface area contributed by atoms with Crippen molar-refractivity contribution in [2.45, 2.75) is 25.4 Å². The summed E-state index contributed by atoms with van der Waals surface area (Å²) in [7, 11) is 2.11. The van der Waals surface area contributed by atoms with Crippen LogP contribution in [0, 0.1) is 5.92 Å². The Morgan fingerprint density at radius 1 is 1.17 bits per heavy atom. The van der Waals surface area contributed by atoms with E-state index in [1.807, 2.05) is 6.07 Å². The average molecular weight is 402 g/mol. The Bertz CT molecular complexity index is 1040. The van der Waals surface area contributed by atoms with Gasteiger partial charge in [0.15, 0.2) is 0 Å². The fraction of sp³-hybridized carbons (Fsp3) is 0.381. The number of nitrogens with zero attached hydrogens (tertiary/aromatic N) is 4. The van der Waals surface area contributed by atoms with Crippen LogP contribution < -0.4 is 0 Å². The molecule has 1 aliphatic rings. The number of alkyl halides is 3. The Kier molecular flexibility index (Phi) is 5.12. The molecule has 0 spiro atoms. The number of hydrogen-bond acceptors (Lipinski definition) is 5. The minimum atomic E-state index is -4.53. The summed E-state index contributed by atoms with van der Waals surface area (Å²) in [6, 6.07) is 4.72. The Balaban J connectivity index is 1.74. The number of phenolic OH excluding ortho intramolecular Hbond substituents is 1. The zero-order valence-electron chi connectivity index (χ0n) is 15.9. The van der Waals surface area contributed by atoms with Gasteiger partial charge in [0.1, 0.15) is 11.4 Å². The third kappa shape index (κ3) is 4.03. The molecule has 5 nitrogen and oxygen atoms in total. The summed E-state index contributed by atoms with van der Waals surface area (Å²) in [5.74, 6) is -0.00864. The summed E-state index contributed by atoms with van der Waals surface area (Å²) in [5.41, 5.74) is 0.460. The normalized spacial score (nSPS) is 18.3. The van der Waals surface area contributed by atoms with Gasteiger partial charge in [-0.05, 0) is 63.0 Å². The first kappa shape index (κ1) is 19.6. The molecule has 1 aromatic carbocycles. The first-order valence-electron chi connectivity index (χ1n) is 9.51. The van der Waals surface area contributed by atoms with Gasteiger partial charge >= 0.3 is 6.18 Å². The molecule has 3 heterocycles. The number of likely N-dealkylation sites (tertiary alicyclic amines) is 1. The lowest BCUT2D eigenvalue weighted by molar-refractivity contribution is -0.137. The van der Waals surface area contributed by atoms with Crippen LogP contribution in [0.3, 0.4) is 0 Å². The molecule has 2 aromatic heterocycles. The Morgan fingerprint density at radius 2 is 2.00 bits per heavy atom. The molecule has 0 bridgehead atoms. The van der Waals surface area contributed by atoms with E-state index < -0.39 is 17.5 Å². The highest BCUT2D eigenvalue weighted by atomic mass is 19.4. The van der Waals surface area contributed by atoms with Gasteiger partial charge in [-0.15, -0.1) is 5.10 Å². The molecule has 3 aromatic rings. The van der Waals surface area contributed by atoms with Gasteiger partial charge < -0.3 is 10.0 Å². The van der Waals surface area contributed by atoms with Crippen LogP contribution in [-0.4, -0.2) is 45.3 Å². The highest BCUT2D eigenvalue weighted by molar-refractivity contribution is 5.96. The van der Waals surface area contributed by atoms with Crippen LogP contribution in [0.4, 0.5) is 13.2 Å². The number of aromatic hydroxyl groups is 1. The number of halogens is 3. The second-order valence-electron chi connectivity index (χ2n) is 7.62. The van der Waals surface area contributed by atoms with Crippen LogP contribution in [0.2, 0.25) is 0 Å². The van der Waals surface area contributed by atoms with Crippen LogP contribution in [0.5, 0.6) is 5.75 Å². The predicted molar refractivity (Wildman–Crippen MR) is 103 cm³/mol. The fourth-order valence-corrected chi connectivity index (χ4v) is 4.02. The summed E-state index contributed by atoms with van der Waals surface area (Å²) < 4.78 is 38.7. The molecule has 1 fully saturated rings. The van der Waals surface area contributed by atoms with Gasteiger partial charge in [-0.1, -0.05) is 0 Å². The standard InChI is InChI=1S/C21H21F3N4O/c1-28-8-2-3-13(12-28)9-18-15-6-7-25-11-17(15)20(27-26-18)16-5-4-14(10-19(16)29)21(22,23)24/h4-7,10-11,13,29H,2-3,8-9,12H2,1H3. The molecule has 152 valence electrons. The number of phenols is 1. The summed E-state index contributed by atoms with van der Waals surface area (Å²) >= 11 is 0. The molecule has 1 N–H and O–H groups in total. The van der Waals surface area contributed by atoms with Gasteiger partial charge in [0, 0.05) is 35.3 Å². The Hall–Kier alpha value is -2.74. The molecule has 0 saturated carbocycles. The number of pyridine rings is 1. The first-order valence-corrected chi connectivity index (χ1v) is 9.51. The van der Waals surface area contributed by atoms with Gasteiger partial charge in [0.25, 0.3) is 0 Å². The van der Waals surface area contributed by atoms with Crippen molar-refractivity contribution in [3.63, 3.8) is 0 Å². The van der Waals surface area contributed by atoms with E-state index in [1.165, 1.54) is 6.07 Å². The van der Waals surface area contributed by atoms with Gasteiger partial charge in [-0.2, -0.15) is 18.3 Å². The quantitative estimate of drug-likeness (QED) is 0.708. The largest absolute Gasteiger partial charge is 0.507 e. The molecule has 1 aliphatic heterocycles. The van der Waals surface area contributed by atoms with E-state index in [-0.39, 0.29) is 5.56 Å². The maximum absolute atomic E-state index is 12.9. The van der Waals surface area contributed by atoms with Crippen LogP contribution in [-0.2, 0) is 12.6 Å². The minimum absolute atomic E-state index is 0.201. The molecular formula is C21H21F3N4O. The zero-order chi connectivity index (χ0) is 20.6. The van der Waals surface area contributed by atoms with Gasteiger partial charge in [0.05, 0.1) is 11.3 Å². The number of rotatable bonds is 3. The minimum Gasteiger partial charge on any atom is -0.507 e. The predicted octanol–water partition coefficient (Wildman–Crippen LogP) is 4.30. The lowest BCUT2D eigenvalue weighted by Gasteiger charge is -2.29. The SMILES string of the molecule is CN1CCCC(Cc2nnc(-c3ccc(C(F)(F)F)cc3O)c3cnccc23)C1. The lowest BCUT2D eigenvalue weighted by atomic mass is 9.92. The van der Waals surface area contributed by atoms with Gasteiger partial charge in [0.2, 0.25) is 0 Å². The van der Waals surface area contributed by atoms with E-state index >= 15 is 0 Å². The number of aromatic nitrogens is 3. The van der Waals surface area contributed by atoms with Crippen molar-refractivity contribution < 1.29 is 18.3 Å². The zero-order valence-corrected chi connectivity index (χ0v) is 15.9. The second kappa shape index (κ2) is 7.59. The highest BCUT2D eigenvalue weighted by Crippen LogP contribution is 2.38. The molecule has 1 saturated heterocycles. The third-order valence-corrected chi connectivity index (χ3v) is 5.44. The van der Waals surface area contributed by atoms with E-state index in [2.05, 4.69) is 27.1 Å². The smallest absolute Gasteiger partial charge is 0.416 e. The molecule has 29 heavy (non-hydrogen) atoms. The van der Waals surface area contributed by atoms with E-state index in [1.54, 1.807) is 12.4 Å². The average Bonchev–Trinajstić information content (AvgIpc) is 2.68. The summed E-state index contributed by atoms with van der Waals surface area (Å²) in [5, 5.41) is 20.4. The van der Waals surface area contributed by atoms with Crippen LogP contribution in [0.1, 0.15) is 24.1 Å². The summed E-state index contributed by atoms with van der Waals surface area (Å²) in [6.07, 6.45) is 1.80. The van der Waals surface area contributed by atoms with E-state index in [4.69, 9.17) is 0 Å². The van der Waals surface area contributed by atoms with Crippen LogP contribution in [0.15, 0.2) is 36.7 Å². The number of hydrogen-bond donors (Lipinski definition) is 1. The van der Waals surface area contributed by atoms with Gasteiger partial charge in [-0.25, -0.2) is 0 Å². The Morgan fingerprint density at radius 3 is 2.72 bits per heavy atom. The van der Waals surface area contributed by atoms with E-state index in [0.29, 0.717) is 23.1 Å². The molecule has 0 amide bonds. The summed E-state index contributed by atoms with van der Waals surface area (Å²) in [4.78, 5) is 6.45. The molecule has 0 radical (unpaired) electrons. The molecular weight excluding hydrogens is 381 g/mol. The van der Waals surface area contributed by atoms with Crippen molar-refractivity contribution in [3.8, 4) is 17.0 Å². The highest BCUT2D eigenvalue weighted by Gasteiger charge is 2.31. The number of benzene rings is 1. The first-order chi connectivity index (χ1) is 13.8. The molecule has 8 heteroatoms. The maximum Gasteiger partial charge on any atom is 0.416 e. The fourth-order valence-electron chi connectivity index (χ4n) is 4.02. The van der Waals surface area contributed by atoms with Crippen molar-refractivity contribution in [2.24, 2.45) is 5.92 Å². The van der Waals surface area contributed by atoms with Crippen molar-refractivity contribution in [1.82, 2.24) is 20.1 Å². The lowest BCUT2D eigenvalue weighted by Crippen LogP contribution is -2.33. The van der Waals surface area contributed by atoms with Crippen LogP contribution >= 0.6 is 0 Å². The molecule has 4 rings (SSSR count). The second-order valence-corrected chi connectivity index (χ2v) is 7.62. The Labute approximate surface area is 166 Å². The third-order valence-electron chi connectivity index (χ3n) is 5.44. The number of piperidine rings is 1. The molecule has 1 atom stereocenters. The summed E-state index contributed by atoms with van der Waals surface area (Å²) in [6.45, 7) is 2.09. The van der Waals surface area contributed by atoms with Crippen LogP contribution in [0.25, 0.3) is 22.0 Å². The maximum atomic E-state index is 12.9. The van der Waals surface area contributed by atoms with Crippen molar-refractivity contribution in [2.75, 3.05) is 20.1 Å². The molecule has 1 unspecified atom stereocenters. The van der Waals surface area contributed by atoms with Crippen molar-refractivity contribution in [3.05, 3.63) is 47.9 Å². The van der Waals surface area contributed by atoms with Gasteiger partial charge in [-0.3, -0.25) is 4.98 Å². The number of fused-ring (bicyclic) bond motifs is 1. The van der Waals surface area contributed by atoms with Crippen molar-refractivity contribution >= 4 is 10.8 Å².